The van der Waals surface area contributed by atoms with E-state index in [0.717, 1.165) is 22.3 Å². The van der Waals surface area contributed by atoms with Crippen molar-refractivity contribution in [3.8, 4) is 11.1 Å². The second kappa shape index (κ2) is 7.19. The predicted molar refractivity (Wildman–Crippen MR) is 104 cm³/mol. The minimum Gasteiger partial charge on any atom is -0.444 e. The average Bonchev–Trinajstić information content (AvgIpc) is 3.11. The van der Waals surface area contributed by atoms with Crippen LogP contribution in [-0.2, 0) is 4.74 Å². The van der Waals surface area contributed by atoms with Crippen LogP contribution in [0.2, 0.25) is 0 Å². The minimum absolute atomic E-state index is 0.0934. The molecule has 0 bridgehead atoms. The first-order chi connectivity index (χ1) is 12.7. The van der Waals surface area contributed by atoms with Gasteiger partial charge in [0.05, 0.1) is 0 Å². The number of amides is 1. The van der Waals surface area contributed by atoms with Gasteiger partial charge in [0.1, 0.15) is 17.1 Å². The normalized spacial score (nSPS) is 14.0. The number of hydrogen-bond acceptors (Lipinski definition) is 5. The molecule has 0 fully saturated rings. The number of aromatic nitrogens is 2. The molecule has 2 aromatic rings. The Morgan fingerprint density at radius 3 is 2.59 bits per heavy atom. The molecule has 0 unspecified atom stereocenters. The Labute approximate surface area is 158 Å². The molecule has 7 heteroatoms. The molecule has 2 aromatic heterocycles. The third kappa shape index (κ3) is 4.31. The molecule has 0 aliphatic carbocycles. The van der Waals surface area contributed by atoms with Crippen LogP contribution in [0.5, 0.6) is 0 Å². The zero-order valence-corrected chi connectivity index (χ0v) is 15.7. The van der Waals surface area contributed by atoms with Crippen molar-refractivity contribution < 1.29 is 9.53 Å². The van der Waals surface area contributed by atoms with E-state index in [1.54, 1.807) is 23.5 Å². The molecule has 1 aliphatic rings. The van der Waals surface area contributed by atoms with E-state index >= 15 is 0 Å². The van der Waals surface area contributed by atoms with Gasteiger partial charge in [-0.05, 0) is 55.7 Å². The predicted octanol–water partition coefficient (Wildman–Crippen LogP) is 3.06. The summed E-state index contributed by atoms with van der Waals surface area (Å²) in [4.78, 5) is 22.3. The molecular formula is C20H23N5O2. The van der Waals surface area contributed by atoms with Crippen LogP contribution in [0.3, 0.4) is 0 Å². The largest absolute Gasteiger partial charge is 0.444 e. The summed E-state index contributed by atoms with van der Waals surface area (Å²) < 4.78 is 5.44. The molecule has 27 heavy (non-hydrogen) atoms. The number of hydrogen-bond donors (Lipinski definition) is 2. The smallest absolute Gasteiger partial charge is 0.410 e. The van der Waals surface area contributed by atoms with Crippen molar-refractivity contribution in [1.82, 2.24) is 14.9 Å². The van der Waals surface area contributed by atoms with Crippen LogP contribution < -0.4 is 5.73 Å². The van der Waals surface area contributed by atoms with E-state index in [4.69, 9.17) is 15.9 Å². The van der Waals surface area contributed by atoms with E-state index in [1.165, 1.54) is 0 Å². The minimum atomic E-state index is -0.529. The first-order valence-corrected chi connectivity index (χ1v) is 8.67. The third-order valence-electron chi connectivity index (χ3n) is 4.08. The van der Waals surface area contributed by atoms with Crippen LogP contribution in [0.15, 0.2) is 42.9 Å². The highest BCUT2D eigenvalue weighted by Gasteiger charge is 2.26. The molecule has 0 saturated carbocycles. The van der Waals surface area contributed by atoms with E-state index in [1.807, 2.05) is 45.0 Å². The second-order valence-corrected chi connectivity index (χ2v) is 7.36. The van der Waals surface area contributed by atoms with Crippen LogP contribution in [0, 0.1) is 5.41 Å². The topological polar surface area (TPSA) is 105 Å². The molecule has 7 nitrogen and oxygen atoms in total. The molecule has 0 radical (unpaired) electrons. The molecule has 0 aromatic carbocycles. The van der Waals surface area contributed by atoms with Gasteiger partial charge in [0.2, 0.25) is 0 Å². The highest BCUT2D eigenvalue weighted by atomic mass is 16.6. The Hall–Kier alpha value is -3.22. The van der Waals surface area contributed by atoms with Crippen LogP contribution >= 0.6 is 0 Å². The molecule has 0 spiro atoms. The number of amidine groups is 1. The van der Waals surface area contributed by atoms with Crippen molar-refractivity contribution in [3.05, 3.63) is 54.1 Å². The number of ether oxygens (including phenoxy) is 1. The molecule has 3 heterocycles. The molecular weight excluding hydrogens is 342 g/mol. The molecule has 1 aliphatic heterocycles. The summed E-state index contributed by atoms with van der Waals surface area (Å²) in [5, 5.41) is 7.79. The molecule has 140 valence electrons. The summed E-state index contributed by atoms with van der Waals surface area (Å²) >= 11 is 0. The second-order valence-electron chi connectivity index (χ2n) is 7.36. The van der Waals surface area contributed by atoms with Crippen molar-refractivity contribution in [1.29, 1.82) is 5.41 Å². The van der Waals surface area contributed by atoms with E-state index in [-0.39, 0.29) is 11.9 Å². The first kappa shape index (κ1) is 18.6. The molecule has 3 N–H and O–H groups in total. The van der Waals surface area contributed by atoms with Crippen molar-refractivity contribution in [3.63, 3.8) is 0 Å². The number of nitrogen functional groups attached to an aromatic ring is 1. The van der Waals surface area contributed by atoms with Crippen molar-refractivity contribution in [2.45, 2.75) is 26.4 Å². The lowest BCUT2D eigenvalue weighted by atomic mass is 9.99. The number of carbonyl (C=O) groups is 1. The van der Waals surface area contributed by atoms with Gasteiger partial charge in [0.25, 0.3) is 0 Å². The summed E-state index contributed by atoms with van der Waals surface area (Å²) in [7, 11) is 0. The van der Waals surface area contributed by atoms with Gasteiger partial charge in [-0.2, -0.15) is 0 Å². The Morgan fingerprint density at radius 2 is 1.96 bits per heavy atom. The quantitative estimate of drug-likeness (QED) is 0.642. The van der Waals surface area contributed by atoms with E-state index in [0.29, 0.717) is 18.8 Å². The van der Waals surface area contributed by atoms with Gasteiger partial charge in [-0.15, -0.1) is 0 Å². The maximum Gasteiger partial charge on any atom is 0.410 e. The summed E-state index contributed by atoms with van der Waals surface area (Å²) in [6.07, 6.45) is 6.71. The monoisotopic (exact) mass is 365 g/mol. The first-order valence-electron chi connectivity index (χ1n) is 8.67. The van der Waals surface area contributed by atoms with E-state index < -0.39 is 5.60 Å². The lowest BCUT2D eigenvalue weighted by Crippen LogP contribution is -2.35. The average molecular weight is 365 g/mol. The summed E-state index contributed by atoms with van der Waals surface area (Å²) in [5.74, 6) is -0.0934. The number of nitrogens with one attached hydrogen (secondary N) is 1. The number of nitrogens with zero attached hydrogens (tertiary/aromatic N) is 3. The van der Waals surface area contributed by atoms with Crippen molar-refractivity contribution in [2.24, 2.45) is 5.73 Å². The fourth-order valence-corrected chi connectivity index (χ4v) is 2.84. The lowest BCUT2D eigenvalue weighted by Gasteiger charge is -2.24. The Kier molecular flexibility index (Phi) is 4.94. The van der Waals surface area contributed by atoms with Crippen molar-refractivity contribution in [2.75, 3.05) is 13.1 Å². The SMILES string of the molecule is CC(C)(C)OC(=O)N1CC=C(c2cnc(C(=N)N)c(-c3ccncc3)c2)C1. The fraction of sp³-hybridized carbons (Fsp3) is 0.300. The zero-order valence-electron chi connectivity index (χ0n) is 15.7. The van der Waals surface area contributed by atoms with Gasteiger partial charge in [0, 0.05) is 37.2 Å². The van der Waals surface area contributed by atoms with Gasteiger partial charge in [-0.1, -0.05) is 6.08 Å². The highest BCUT2D eigenvalue weighted by Crippen LogP contribution is 2.28. The van der Waals surface area contributed by atoms with Crippen molar-refractivity contribution >= 4 is 17.5 Å². The third-order valence-corrected chi connectivity index (χ3v) is 4.08. The zero-order chi connectivity index (χ0) is 19.6. The van der Waals surface area contributed by atoms with Crippen LogP contribution in [-0.4, -0.2) is 45.5 Å². The molecule has 1 amide bonds. The standard InChI is InChI=1S/C20H23N5O2/c1-20(2,3)27-19(26)25-9-6-14(12-25)15-10-16(13-4-7-23-8-5-13)17(18(21)22)24-11-15/h4-8,10-11H,9,12H2,1-3H3,(H3,21,22). The van der Waals surface area contributed by atoms with E-state index in [2.05, 4.69) is 9.97 Å². The Morgan fingerprint density at radius 1 is 1.26 bits per heavy atom. The van der Waals surface area contributed by atoms with Crippen LogP contribution in [0.4, 0.5) is 4.79 Å². The maximum absolute atomic E-state index is 12.3. The van der Waals surface area contributed by atoms with Gasteiger partial charge < -0.3 is 15.4 Å². The number of carbonyl (C=O) groups excluding carboxylic acids is 1. The van der Waals surface area contributed by atoms with Gasteiger partial charge in [-0.25, -0.2) is 4.79 Å². The fourth-order valence-electron chi connectivity index (χ4n) is 2.84. The number of rotatable bonds is 3. The maximum atomic E-state index is 12.3. The molecule has 0 atom stereocenters. The summed E-state index contributed by atoms with van der Waals surface area (Å²) in [5.41, 5.74) is 9.11. The van der Waals surface area contributed by atoms with Gasteiger partial charge in [-0.3, -0.25) is 15.4 Å². The van der Waals surface area contributed by atoms with Gasteiger partial charge in [0.15, 0.2) is 0 Å². The Balaban J connectivity index is 1.86. The molecule has 0 saturated heterocycles. The summed E-state index contributed by atoms with van der Waals surface area (Å²) in [6, 6.07) is 5.65. The van der Waals surface area contributed by atoms with Crippen LogP contribution in [0.25, 0.3) is 16.7 Å². The Bertz CT molecular complexity index is 900. The number of pyridine rings is 2. The van der Waals surface area contributed by atoms with E-state index in [9.17, 15) is 4.79 Å². The summed E-state index contributed by atoms with van der Waals surface area (Å²) in [6.45, 7) is 6.48. The lowest BCUT2D eigenvalue weighted by molar-refractivity contribution is 0.0306. The van der Waals surface area contributed by atoms with Crippen LogP contribution in [0.1, 0.15) is 32.0 Å². The highest BCUT2D eigenvalue weighted by molar-refractivity contribution is 6.00. The van der Waals surface area contributed by atoms with Gasteiger partial charge >= 0.3 is 6.09 Å². The number of nitrogens with two attached hydrogens (primary N) is 1. The molecule has 3 rings (SSSR count).